The van der Waals surface area contributed by atoms with Crippen LogP contribution in [0.1, 0.15) is 18.5 Å². The molecule has 0 saturated heterocycles. The van der Waals surface area contributed by atoms with Crippen LogP contribution in [-0.4, -0.2) is 55.1 Å². The molecule has 5 heteroatoms. The number of aromatic nitrogens is 2. The van der Waals surface area contributed by atoms with E-state index in [0.717, 1.165) is 31.1 Å². The Balaban J connectivity index is 1.88. The quantitative estimate of drug-likeness (QED) is 0.771. The Labute approximate surface area is 109 Å². The smallest absolute Gasteiger partial charge is 0.147 e. The first-order chi connectivity index (χ1) is 8.65. The molecule has 1 aromatic heterocycles. The van der Waals surface area contributed by atoms with E-state index < -0.39 is 0 Å². The van der Waals surface area contributed by atoms with Gasteiger partial charge in [0.2, 0.25) is 0 Å². The van der Waals surface area contributed by atoms with E-state index in [1.807, 2.05) is 12.4 Å². The molecule has 1 aliphatic carbocycles. The second-order valence-electron chi connectivity index (χ2n) is 5.25. The summed E-state index contributed by atoms with van der Waals surface area (Å²) >= 11 is 0. The first-order valence-electron chi connectivity index (χ1n) is 6.55. The van der Waals surface area contributed by atoms with Crippen LogP contribution in [0.15, 0.2) is 12.4 Å². The van der Waals surface area contributed by atoms with Crippen LogP contribution in [0.3, 0.4) is 0 Å². The van der Waals surface area contributed by atoms with Crippen LogP contribution in [0, 0.1) is 0 Å². The van der Waals surface area contributed by atoms with Gasteiger partial charge in [0.1, 0.15) is 5.82 Å². The van der Waals surface area contributed by atoms with Gasteiger partial charge in [-0.05, 0) is 26.9 Å². The maximum Gasteiger partial charge on any atom is 0.147 e. The van der Waals surface area contributed by atoms with Crippen LogP contribution < -0.4 is 10.2 Å². The minimum absolute atomic E-state index is 0.710. The fraction of sp³-hybridized carbons (Fsp3) is 0.692. The van der Waals surface area contributed by atoms with Crippen LogP contribution in [0.2, 0.25) is 0 Å². The lowest BCUT2D eigenvalue weighted by atomic mass is 10.4. The first-order valence-corrected chi connectivity index (χ1v) is 6.55. The Morgan fingerprint density at radius 3 is 2.67 bits per heavy atom. The summed E-state index contributed by atoms with van der Waals surface area (Å²) in [6.07, 6.45) is 6.28. The lowest BCUT2D eigenvalue weighted by Gasteiger charge is -2.20. The summed E-state index contributed by atoms with van der Waals surface area (Å²) in [6.45, 7) is 2.80. The van der Waals surface area contributed by atoms with Crippen LogP contribution in [0.4, 0.5) is 5.82 Å². The van der Waals surface area contributed by atoms with Crippen molar-refractivity contribution in [1.29, 1.82) is 0 Å². The molecule has 0 radical (unpaired) electrons. The van der Waals surface area contributed by atoms with Crippen molar-refractivity contribution in [3.05, 3.63) is 18.1 Å². The number of hydrogen-bond acceptors (Lipinski definition) is 5. The summed E-state index contributed by atoms with van der Waals surface area (Å²) in [6, 6.07) is 0.710. The number of hydrogen-bond donors (Lipinski definition) is 1. The van der Waals surface area contributed by atoms with Gasteiger partial charge >= 0.3 is 0 Å². The van der Waals surface area contributed by atoms with Gasteiger partial charge in [0.25, 0.3) is 0 Å². The molecule has 1 aromatic rings. The summed E-state index contributed by atoms with van der Waals surface area (Å²) in [5, 5.41) is 3.46. The van der Waals surface area contributed by atoms with E-state index in [2.05, 4.69) is 46.2 Å². The molecule has 0 bridgehead atoms. The van der Waals surface area contributed by atoms with Crippen molar-refractivity contribution in [2.75, 3.05) is 39.1 Å². The van der Waals surface area contributed by atoms with Gasteiger partial charge < -0.3 is 15.1 Å². The molecule has 1 aliphatic rings. The Morgan fingerprint density at radius 1 is 1.22 bits per heavy atom. The molecule has 0 spiro atoms. The molecule has 0 atom stereocenters. The number of nitrogens with one attached hydrogen (secondary N) is 1. The van der Waals surface area contributed by atoms with Gasteiger partial charge in [-0.3, -0.25) is 4.98 Å². The topological polar surface area (TPSA) is 44.3 Å². The molecule has 18 heavy (non-hydrogen) atoms. The monoisotopic (exact) mass is 249 g/mol. The zero-order chi connectivity index (χ0) is 13.0. The van der Waals surface area contributed by atoms with Crippen molar-refractivity contribution in [2.24, 2.45) is 0 Å². The highest BCUT2D eigenvalue weighted by Gasteiger charge is 2.20. The second kappa shape index (κ2) is 6.11. The largest absolute Gasteiger partial charge is 0.357 e. The Hall–Kier alpha value is -1.20. The highest BCUT2D eigenvalue weighted by molar-refractivity contribution is 5.35. The standard InChI is InChI=1S/C13H23N5/c1-17(2)6-7-18(3)13-10-14-8-12(16-13)9-15-11-4-5-11/h8,10-11,15H,4-7,9H2,1-3H3. The Kier molecular flexibility index (Phi) is 4.49. The highest BCUT2D eigenvalue weighted by atomic mass is 15.2. The van der Waals surface area contributed by atoms with E-state index >= 15 is 0 Å². The van der Waals surface area contributed by atoms with Crippen molar-refractivity contribution in [3.63, 3.8) is 0 Å². The van der Waals surface area contributed by atoms with Crippen LogP contribution in [0.5, 0.6) is 0 Å². The average Bonchev–Trinajstić information content (AvgIpc) is 3.18. The predicted octanol–water partition coefficient (Wildman–Crippen LogP) is 0.726. The summed E-state index contributed by atoms with van der Waals surface area (Å²) < 4.78 is 0. The lowest BCUT2D eigenvalue weighted by molar-refractivity contribution is 0.416. The Morgan fingerprint density at radius 2 is 2.00 bits per heavy atom. The molecule has 1 N–H and O–H groups in total. The fourth-order valence-corrected chi connectivity index (χ4v) is 1.66. The molecule has 1 heterocycles. The van der Waals surface area contributed by atoms with Crippen LogP contribution in [-0.2, 0) is 6.54 Å². The maximum atomic E-state index is 4.63. The summed E-state index contributed by atoms with van der Waals surface area (Å²) in [5.41, 5.74) is 1.02. The third-order valence-corrected chi connectivity index (χ3v) is 3.09. The average molecular weight is 249 g/mol. The fourth-order valence-electron chi connectivity index (χ4n) is 1.66. The number of nitrogens with zero attached hydrogens (tertiary/aromatic N) is 4. The maximum absolute atomic E-state index is 4.63. The SMILES string of the molecule is CN(C)CCN(C)c1cncc(CNC2CC2)n1. The normalized spacial score (nSPS) is 15.1. The van der Waals surface area contributed by atoms with Gasteiger partial charge in [0.05, 0.1) is 11.9 Å². The second-order valence-corrected chi connectivity index (χ2v) is 5.25. The van der Waals surface area contributed by atoms with E-state index in [1.54, 1.807) is 0 Å². The Bertz CT molecular complexity index is 375. The molecule has 1 saturated carbocycles. The molecule has 0 aromatic carbocycles. The summed E-state index contributed by atoms with van der Waals surface area (Å²) in [5.74, 6) is 0.951. The molecule has 1 fully saturated rings. The minimum atomic E-state index is 0.710. The number of anilines is 1. The van der Waals surface area contributed by atoms with Gasteiger partial charge in [-0.2, -0.15) is 0 Å². The number of likely N-dealkylation sites (N-methyl/N-ethyl adjacent to an activating group) is 2. The highest BCUT2D eigenvalue weighted by Crippen LogP contribution is 2.19. The van der Waals surface area contributed by atoms with Gasteiger partial charge in [0.15, 0.2) is 0 Å². The molecule has 2 rings (SSSR count). The van der Waals surface area contributed by atoms with Gasteiger partial charge in [-0.15, -0.1) is 0 Å². The van der Waals surface area contributed by atoms with Crippen molar-refractivity contribution >= 4 is 5.82 Å². The van der Waals surface area contributed by atoms with E-state index in [4.69, 9.17) is 0 Å². The van der Waals surface area contributed by atoms with Crippen LogP contribution >= 0.6 is 0 Å². The number of rotatable bonds is 7. The third-order valence-electron chi connectivity index (χ3n) is 3.09. The molecule has 100 valence electrons. The van der Waals surface area contributed by atoms with Crippen molar-refractivity contribution in [2.45, 2.75) is 25.4 Å². The molecule has 5 nitrogen and oxygen atoms in total. The molecule has 0 amide bonds. The van der Waals surface area contributed by atoms with Crippen molar-refractivity contribution < 1.29 is 0 Å². The zero-order valence-electron chi connectivity index (χ0n) is 11.6. The predicted molar refractivity (Wildman–Crippen MR) is 73.7 cm³/mol. The summed E-state index contributed by atoms with van der Waals surface area (Å²) in [7, 11) is 6.22. The molecule has 0 aliphatic heterocycles. The molecular weight excluding hydrogens is 226 g/mol. The zero-order valence-corrected chi connectivity index (χ0v) is 11.6. The van der Waals surface area contributed by atoms with Gasteiger partial charge in [0, 0.05) is 38.9 Å². The lowest BCUT2D eigenvalue weighted by Crippen LogP contribution is -2.29. The summed E-state index contributed by atoms with van der Waals surface area (Å²) in [4.78, 5) is 13.2. The van der Waals surface area contributed by atoms with Crippen molar-refractivity contribution in [1.82, 2.24) is 20.2 Å². The first kappa shape index (κ1) is 13.2. The van der Waals surface area contributed by atoms with Gasteiger partial charge in [-0.1, -0.05) is 0 Å². The van der Waals surface area contributed by atoms with E-state index in [0.29, 0.717) is 6.04 Å². The van der Waals surface area contributed by atoms with Crippen molar-refractivity contribution in [3.8, 4) is 0 Å². The van der Waals surface area contributed by atoms with E-state index in [1.165, 1.54) is 12.8 Å². The van der Waals surface area contributed by atoms with E-state index in [-0.39, 0.29) is 0 Å². The van der Waals surface area contributed by atoms with Gasteiger partial charge in [-0.25, -0.2) is 4.98 Å². The third kappa shape index (κ3) is 4.23. The van der Waals surface area contributed by atoms with Crippen LogP contribution in [0.25, 0.3) is 0 Å². The molecular formula is C13H23N5. The molecule has 0 unspecified atom stereocenters. The van der Waals surface area contributed by atoms with E-state index in [9.17, 15) is 0 Å². The minimum Gasteiger partial charge on any atom is -0.357 e.